The highest BCUT2D eigenvalue weighted by Gasteiger charge is 2.46. The quantitative estimate of drug-likeness (QED) is 0.792. The number of hydrogen-bond donors (Lipinski definition) is 2. The van der Waals surface area contributed by atoms with Gasteiger partial charge in [-0.15, -0.1) is 0 Å². The smallest absolute Gasteiger partial charge is 0.323 e. The van der Waals surface area contributed by atoms with Crippen molar-refractivity contribution in [1.29, 1.82) is 0 Å². The van der Waals surface area contributed by atoms with E-state index in [0.29, 0.717) is 12.5 Å². The molecule has 2 unspecified atom stereocenters. The molecule has 3 rings (SSSR count). The Labute approximate surface area is 125 Å². The van der Waals surface area contributed by atoms with Gasteiger partial charge in [0.15, 0.2) is 0 Å². The third-order valence-electron chi connectivity index (χ3n) is 4.14. The molecule has 6 heteroatoms. The largest absolute Gasteiger partial charge is 0.480 e. The first-order valence-corrected chi connectivity index (χ1v) is 7.88. The third-order valence-corrected chi connectivity index (χ3v) is 4.69. The zero-order valence-corrected chi connectivity index (χ0v) is 12.8. The van der Waals surface area contributed by atoms with Crippen LogP contribution in [0.5, 0.6) is 0 Å². The molecule has 2 aliphatic carbocycles. The van der Waals surface area contributed by atoms with E-state index in [9.17, 15) is 9.90 Å². The van der Waals surface area contributed by atoms with Crippen molar-refractivity contribution >= 4 is 28.6 Å². The summed E-state index contributed by atoms with van der Waals surface area (Å²) in [5.74, 6) is -0.703. The van der Waals surface area contributed by atoms with E-state index in [2.05, 4.69) is 33.0 Å². The third kappa shape index (κ3) is 2.79. The van der Waals surface area contributed by atoms with Crippen molar-refractivity contribution in [1.82, 2.24) is 15.1 Å². The van der Waals surface area contributed by atoms with Gasteiger partial charge in [0.25, 0.3) is 0 Å². The maximum absolute atomic E-state index is 11.7. The topological polar surface area (TPSA) is 67.2 Å². The van der Waals surface area contributed by atoms with Crippen molar-refractivity contribution in [3.8, 4) is 0 Å². The number of nitrogens with one attached hydrogen (secondary N) is 1. The summed E-state index contributed by atoms with van der Waals surface area (Å²) >= 11 is 2.23. The highest BCUT2D eigenvalue weighted by molar-refractivity contribution is 14.1. The SMILES string of the molecule is O=C(O)C1(NC2CC2)CCCC(n2cc(I)cn2)C1. The number of carbonyl (C=O) groups is 1. The molecule has 2 atom stereocenters. The first kappa shape index (κ1) is 13.4. The molecule has 5 nitrogen and oxygen atoms in total. The normalized spacial score (nSPS) is 31.3. The first-order chi connectivity index (χ1) is 9.09. The molecular formula is C13H18IN3O2. The summed E-state index contributed by atoms with van der Waals surface area (Å²) in [7, 11) is 0. The lowest BCUT2D eigenvalue weighted by atomic mass is 9.78. The molecule has 0 spiro atoms. The Bertz CT molecular complexity index is 486. The minimum Gasteiger partial charge on any atom is -0.480 e. The molecule has 19 heavy (non-hydrogen) atoms. The van der Waals surface area contributed by atoms with Crippen molar-refractivity contribution in [2.45, 2.75) is 56.1 Å². The molecule has 0 bridgehead atoms. The van der Waals surface area contributed by atoms with Crippen LogP contribution < -0.4 is 5.32 Å². The van der Waals surface area contributed by atoms with Crippen molar-refractivity contribution in [2.24, 2.45) is 0 Å². The predicted molar refractivity (Wildman–Crippen MR) is 79.0 cm³/mol. The Morgan fingerprint density at radius 3 is 2.89 bits per heavy atom. The van der Waals surface area contributed by atoms with Gasteiger partial charge in [-0.2, -0.15) is 5.10 Å². The van der Waals surface area contributed by atoms with Gasteiger partial charge >= 0.3 is 5.97 Å². The number of nitrogens with zero attached hydrogens (tertiary/aromatic N) is 2. The molecule has 0 aromatic carbocycles. The van der Waals surface area contributed by atoms with Gasteiger partial charge in [0.2, 0.25) is 0 Å². The molecule has 1 heterocycles. The number of carboxylic acids is 1. The minimum absolute atomic E-state index is 0.194. The predicted octanol–water partition coefficient (Wildman–Crippen LogP) is 2.18. The second-order valence-electron chi connectivity index (χ2n) is 5.69. The van der Waals surface area contributed by atoms with Crippen LogP contribution in [0.4, 0.5) is 0 Å². The Kier molecular flexibility index (Phi) is 3.55. The van der Waals surface area contributed by atoms with Crippen LogP contribution in [0.2, 0.25) is 0 Å². The highest BCUT2D eigenvalue weighted by atomic mass is 127. The van der Waals surface area contributed by atoms with E-state index in [1.54, 1.807) is 0 Å². The van der Waals surface area contributed by atoms with Gasteiger partial charge in [0.05, 0.1) is 15.8 Å². The maximum atomic E-state index is 11.7. The van der Waals surface area contributed by atoms with Crippen LogP contribution in [0.15, 0.2) is 12.4 Å². The molecule has 2 saturated carbocycles. The molecule has 0 aliphatic heterocycles. The van der Waals surface area contributed by atoms with E-state index in [0.717, 1.165) is 35.7 Å². The van der Waals surface area contributed by atoms with Gasteiger partial charge in [-0.25, -0.2) is 0 Å². The van der Waals surface area contributed by atoms with Gasteiger partial charge in [0, 0.05) is 12.2 Å². The number of rotatable bonds is 4. The van der Waals surface area contributed by atoms with E-state index in [4.69, 9.17) is 0 Å². The van der Waals surface area contributed by atoms with Crippen molar-refractivity contribution < 1.29 is 9.90 Å². The zero-order valence-electron chi connectivity index (χ0n) is 10.7. The summed E-state index contributed by atoms with van der Waals surface area (Å²) in [6, 6.07) is 0.604. The zero-order chi connectivity index (χ0) is 13.5. The molecular weight excluding hydrogens is 357 g/mol. The van der Waals surface area contributed by atoms with Crippen LogP contribution in [0.25, 0.3) is 0 Å². The lowest BCUT2D eigenvalue weighted by Crippen LogP contribution is -2.56. The minimum atomic E-state index is -0.749. The van der Waals surface area contributed by atoms with Crippen molar-refractivity contribution in [3.05, 3.63) is 16.0 Å². The lowest BCUT2D eigenvalue weighted by molar-refractivity contribution is -0.147. The van der Waals surface area contributed by atoms with Gasteiger partial charge in [-0.05, 0) is 61.1 Å². The summed E-state index contributed by atoms with van der Waals surface area (Å²) in [4.78, 5) is 11.7. The Morgan fingerprint density at radius 2 is 2.32 bits per heavy atom. The van der Waals surface area contributed by atoms with Crippen LogP contribution in [0, 0.1) is 3.57 Å². The van der Waals surface area contributed by atoms with Gasteiger partial charge < -0.3 is 5.11 Å². The Hall–Kier alpha value is -0.630. The molecule has 2 N–H and O–H groups in total. The van der Waals surface area contributed by atoms with Crippen LogP contribution in [0.1, 0.15) is 44.6 Å². The van der Waals surface area contributed by atoms with Crippen molar-refractivity contribution in [3.63, 3.8) is 0 Å². The van der Waals surface area contributed by atoms with Gasteiger partial charge in [-0.3, -0.25) is 14.8 Å². The summed E-state index contributed by atoms with van der Waals surface area (Å²) < 4.78 is 3.03. The molecule has 0 radical (unpaired) electrons. The maximum Gasteiger partial charge on any atom is 0.323 e. The summed E-state index contributed by atoms with van der Waals surface area (Å²) in [6.07, 6.45) is 9.36. The van der Waals surface area contributed by atoms with Crippen LogP contribution >= 0.6 is 22.6 Å². The van der Waals surface area contributed by atoms with Crippen molar-refractivity contribution in [2.75, 3.05) is 0 Å². The first-order valence-electron chi connectivity index (χ1n) is 6.80. The fourth-order valence-electron chi connectivity index (χ4n) is 2.99. The average Bonchev–Trinajstić information content (AvgIpc) is 3.08. The number of aliphatic carboxylic acids is 1. The molecule has 2 aliphatic rings. The van der Waals surface area contributed by atoms with Crippen LogP contribution in [-0.2, 0) is 4.79 Å². The molecule has 0 saturated heterocycles. The highest BCUT2D eigenvalue weighted by Crippen LogP contribution is 2.38. The molecule has 2 fully saturated rings. The van der Waals surface area contributed by atoms with Gasteiger partial charge in [-0.1, -0.05) is 0 Å². The van der Waals surface area contributed by atoms with E-state index in [1.807, 2.05) is 17.1 Å². The number of hydrogen-bond acceptors (Lipinski definition) is 3. The second kappa shape index (κ2) is 5.05. The number of aromatic nitrogens is 2. The monoisotopic (exact) mass is 375 g/mol. The van der Waals surface area contributed by atoms with E-state index in [-0.39, 0.29) is 6.04 Å². The summed E-state index contributed by atoms with van der Waals surface area (Å²) in [5.41, 5.74) is -0.749. The van der Waals surface area contributed by atoms with Gasteiger partial charge in [0.1, 0.15) is 5.54 Å². The van der Waals surface area contributed by atoms with Crippen LogP contribution in [-0.4, -0.2) is 32.4 Å². The van der Waals surface area contributed by atoms with E-state index < -0.39 is 11.5 Å². The summed E-state index contributed by atoms with van der Waals surface area (Å²) in [6.45, 7) is 0. The Balaban J connectivity index is 1.79. The summed E-state index contributed by atoms with van der Waals surface area (Å²) in [5, 5.41) is 17.4. The molecule has 0 amide bonds. The fraction of sp³-hybridized carbons (Fsp3) is 0.692. The molecule has 1 aromatic rings. The molecule has 104 valence electrons. The lowest BCUT2D eigenvalue weighted by Gasteiger charge is -2.38. The number of halogens is 1. The molecule has 1 aromatic heterocycles. The second-order valence-corrected chi connectivity index (χ2v) is 6.94. The fourth-order valence-corrected chi connectivity index (χ4v) is 3.40. The van der Waals surface area contributed by atoms with E-state index >= 15 is 0 Å². The van der Waals surface area contributed by atoms with E-state index in [1.165, 1.54) is 0 Å². The van der Waals surface area contributed by atoms with Crippen LogP contribution in [0.3, 0.4) is 0 Å². The number of carboxylic acid groups (broad SMARTS) is 1. The average molecular weight is 375 g/mol. The standard InChI is InChI=1S/C13H18IN3O2/c14-9-7-15-17(8-9)11-2-1-5-13(6-11,12(18)19)16-10-3-4-10/h7-8,10-11,16H,1-6H2,(H,18,19). The Morgan fingerprint density at radius 1 is 1.53 bits per heavy atom.